The van der Waals surface area contributed by atoms with Crippen LogP contribution in [0.4, 0.5) is 5.69 Å². The van der Waals surface area contributed by atoms with Gasteiger partial charge in [-0.05, 0) is 38.2 Å². The second-order valence-electron chi connectivity index (χ2n) is 6.27. The van der Waals surface area contributed by atoms with Crippen molar-refractivity contribution in [2.24, 2.45) is 0 Å². The molecule has 0 aliphatic carbocycles. The number of anilines is 1. The van der Waals surface area contributed by atoms with Gasteiger partial charge in [0, 0.05) is 44.6 Å². The van der Waals surface area contributed by atoms with Crippen molar-refractivity contribution in [3.05, 3.63) is 42.2 Å². The Bertz CT molecular complexity index is 868. The van der Waals surface area contributed by atoms with Crippen LogP contribution in [0.3, 0.4) is 0 Å². The number of carbonyl (C=O) groups excluding carboxylic acids is 1. The molecule has 1 aromatic carbocycles. The number of nitrogens with one attached hydrogen (secondary N) is 1. The predicted octanol–water partition coefficient (Wildman–Crippen LogP) is 1.09. The highest BCUT2D eigenvalue weighted by molar-refractivity contribution is 7.89. The Balaban J connectivity index is 1.69. The number of benzene rings is 1. The first-order valence-electron chi connectivity index (χ1n) is 8.52. The van der Waals surface area contributed by atoms with Crippen LogP contribution in [0.1, 0.15) is 17.3 Å². The molecule has 140 valence electrons. The summed E-state index contributed by atoms with van der Waals surface area (Å²) in [5.41, 5.74) is 0.998. The molecule has 1 amide bonds. The maximum Gasteiger partial charge on any atom is 0.258 e. The van der Waals surface area contributed by atoms with E-state index in [-0.39, 0.29) is 10.8 Å². The third-order valence-electron chi connectivity index (χ3n) is 4.43. The molecule has 3 rings (SSSR count). The Labute approximate surface area is 153 Å². The molecule has 0 unspecified atom stereocenters. The highest BCUT2D eigenvalue weighted by Gasteiger charge is 2.27. The van der Waals surface area contributed by atoms with E-state index in [0.29, 0.717) is 30.9 Å². The van der Waals surface area contributed by atoms with Crippen molar-refractivity contribution < 1.29 is 13.2 Å². The Morgan fingerprint density at radius 3 is 2.38 bits per heavy atom. The molecule has 1 aromatic heterocycles. The van der Waals surface area contributed by atoms with Gasteiger partial charge in [0.1, 0.15) is 0 Å². The van der Waals surface area contributed by atoms with Crippen molar-refractivity contribution >= 4 is 21.6 Å². The van der Waals surface area contributed by atoms with Gasteiger partial charge in [0.05, 0.1) is 16.7 Å². The van der Waals surface area contributed by atoms with Crippen molar-refractivity contribution in [1.82, 2.24) is 19.0 Å². The molecule has 0 bridgehead atoms. The topological polar surface area (TPSA) is 87.5 Å². The van der Waals surface area contributed by atoms with Crippen LogP contribution in [0.15, 0.2) is 41.6 Å². The average Bonchev–Trinajstić information content (AvgIpc) is 3.12. The lowest BCUT2D eigenvalue weighted by molar-refractivity contribution is 0.102. The van der Waals surface area contributed by atoms with E-state index < -0.39 is 10.0 Å². The number of aromatic nitrogens is 2. The lowest BCUT2D eigenvalue weighted by Crippen LogP contribution is -2.46. The normalized spacial score (nSPS) is 16.5. The average molecular weight is 377 g/mol. The van der Waals surface area contributed by atoms with Crippen molar-refractivity contribution in [2.45, 2.75) is 18.4 Å². The van der Waals surface area contributed by atoms with Gasteiger partial charge in [-0.15, -0.1) is 0 Å². The number of rotatable bonds is 5. The number of piperazine rings is 1. The minimum absolute atomic E-state index is 0.235. The zero-order chi connectivity index (χ0) is 18.7. The van der Waals surface area contributed by atoms with Gasteiger partial charge in [-0.25, -0.2) is 8.42 Å². The fraction of sp³-hybridized carbons (Fsp3) is 0.412. The van der Waals surface area contributed by atoms with Crippen molar-refractivity contribution in [1.29, 1.82) is 0 Å². The van der Waals surface area contributed by atoms with Crippen LogP contribution in [0.25, 0.3) is 0 Å². The number of amides is 1. The molecular weight excluding hydrogens is 354 g/mol. The fourth-order valence-electron chi connectivity index (χ4n) is 2.74. The maximum absolute atomic E-state index is 12.7. The molecule has 0 atom stereocenters. The SMILES string of the molecule is CCn1cc(C(=O)Nc2ccc(S(=O)(=O)N3CCN(C)CC3)cc2)cn1. The molecule has 1 saturated heterocycles. The third kappa shape index (κ3) is 3.95. The largest absolute Gasteiger partial charge is 0.322 e. The van der Waals surface area contributed by atoms with E-state index in [4.69, 9.17) is 0 Å². The van der Waals surface area contributed by atoms with Crippen LogP contribution >= 0.6 is 0 Å². The predicted molar refractivity (Wildman–Crippen MR) is 98.6 cm³/mol. The summed E-state index contributed by atoms with van der Waals surface area (Å²) >= 11 is 0. The summed E-state index contributed by atoms with van der Waals surface area (Å²) in [5.74, 6) is -0.278. The van der Waals surface area contributed by atoms with Gasteiger partial charge in [0.15, 0.2) is 0 Å². The lowest BCUT2D eigenvalue weighted by atomic mass is 10.3. The molecule has 0 saturated carbocycles. The summed E-state index contributed by atoms with van der Waals surface area (Å²) < 4.78 is 28.6. The van der Waals surface area contributed by atoms with Crippen molar-refractivity contribution in [3.8, 4) is 0 Å². The second-order valence-corrected chi connectivity index (χ2v) is 8.21. The van der Waals surface area contributed by atoms with Gasteiger partial charge < -0.3 is 10.2 Å². The zero-order valence-electron chi connectivity index (χ0n) is 14.9. The number of likely N-dealkylation sites (N-methyl/N-ethyl adjacent to an activating group) is 1. The lowest BCUT2D eigenvalue weighted by Gasteiger charge is -2.31. The fourth-order valence-corrected chi connectivity index (χ4v) is 4.17. The highest BCUT2D eigenvalue weighted by Crippen LogP contribution is 2.20. The molecule has 0 radical (unpaired) electrons. The van der Waals surface area contributed by atoms with Gasteiger partial charge in [-0.3, -0.25) is 9.48 Å². The summed E-state index contributed by atoms with van der Waals surface area (Å²) in [4.78, 5) is 14.5. The van der Waals surface area contributed by atoms with Gasteiger partial charge >= 0.3 is 0 Å². The van der Waals surface area contributed by atoms with E-state index >= 15 is 0 Å². The molecular formula is C17H23N5O3S. The number of hydrogen-bond donors (Lipinski definition) is 1. The summed E-state index contributed by atoms with van der Waals surface area (Å²) in [5, 5.41) is 6.82. The Kier molecular flexibility index (Phi) is 5.40. The van der Waals surface area contributed by atoms with Gasteiger partial charge in [-0.1, -0.05) is 0 Å². The van der Waals surface area contributed by atoms with Gasteiger partial charge in [-0.2, -0.15) is 9.40 Å². The number of hydrogen-bond acceptors (Lipinski definition) is 5. The van der Waals surface area contributed by atoms with E-state index in [1.807, 2.05) is 14.0 Å². The van der Waals surface area contributed by atoms with E-state index in [1.54, 1.807) is 23.0 Å². The number of aryl methyl sites for hydroxylation is 1. The molecule has 2 heterocycles. The Morgan fingerprint density at radius 2 is 1.81 bits per heavy atom. The van der Waals surface area contributed by atoms with Crippen molar-refractivity contribution in [2.75, 3.05) is 38.5 Å². The van der Waals surface area contributed by atoms with Crippen LogP contribution in [-0.2, 0) is 16.6 Å². The molecule has 2 aromatic rings. The first-order chi connectivity index (χ1) is 12.4. The monoisotopic (exact) mass is 377 g/mol. The van der Waals surface area contributed by atoms with Crippen LogP contribution < -0.4 is 5.32 Å². The first kappa shape index (κ1) is 18.6. The molecule has 9 heteroatoms. The van der Waals surface area contributed by atoms with E-state index in [2.05, 4.69) is 15.3 Å². The maximum atomic E-state index is 12.7. The smallest absolute Gasteiger partial charge is 0.258 e. The number of sulfonamides is 1. The second kappa shape index (κ2) is 7.56. The zero-order valence-corrected chi connectivity index (χ0v) is 15.7. The Hall–Kier alpha value is -2.23. The van der Waals surface area contributed by atoms with Gasteiger partial charge in [0.2, 0.25) is 10.0 Å². The van der Waals surface area contributed by atoms with Gasteiger partial charge in [0.25, 0.3) is 5.91 Å². The summed E-state index contributed by atoms with van der Waals surface area (Å²) in [7, 11) is -1.52. The molecule has 8 nitrogen and oxygen atoms in total. The number of carbonyl (C=O) groups is 1. The minimum Gasteiger partial charge on any atom is -0.322 e. The Morgan fingerprint density at radius 1 is 1.15 bits per heavy atom. The molecule has 1 aliphatic heterocycles. The molecule has 1 fully saturated rings. The van der Waals surface area contributed by atoms with Crippen LogP contribution in [0.2, 0.25) is 0 Å². The van der Waals surface area contributed by atoms with Crippen LogP contribution in [0, 0.1) is 0 Å². The summed E-state index contributed by atoms with van der Waals surface area (Å²) in [6.07, 6.45) is 3.17. The molecule has 1 N–H and O–H groups in total. The minimum atomic E-state index is -3.50. The van der Waals surface area contributed by atoms with E-state index in [9.17, 15) is 13.2 Å². The van der Waals surface area contributed by atoms with E-state index in [1.165, 1.54) is 22.6 Å². The third-order valence-corrected chi connectivity index (χ3v) is 6.34. The molecule has 26 heavy (non-hydrogen) atoms. The highest BCUT2D eigenvalue weighted by atomic mass is 32.2. The number of nitrogens with zero attached hydrogens (tertiary/aromatic N) is 4. The van der Waals surface area contributed by atoms with E-state index in [0.717, 1.165) is 13.1 Å². The summed E-state index contributed by atoms with van der Waals surface area (Å²) in [6, 6.07) is 6.26. The van der Waals surface area contributed by atoms with Crippen molar-refractivity contribution in [3.63, 3.8) is 0 Å². The molecule has 1 aliphatic rings. The van der Waals surface area contributed by atoms with Crippen LogP contribution in [0.5, 0.6) is 0 Å². The first-order valence-corrected chi connectivity index (χ1v) is 9.96. The standard InChI is InChI=1S/C17H23N5O3S/c1-3-21-13-14(12-18-21)17(23)19-15-4-6-16(7-5-15)26(24,25)22-10-8-20(2)9-11-22/h4-7,12-13H,3,8-11H2,1-2H3,(H,19,23). The quantitative estimate of drug-likeness (QED) is 0.843. The van der Waals surface area contributed by atoms with Crippen LogP contribution in [-0.4, -0.2) is 66.5 Å². The molecule has 0 spiro atoms. The summed E-state index contributed by atoms with van der Waals surface area (Å²) in [6.45, 7) is 5.04.